The average molecular weight is 533 g/mol. The summed E-state index contributed by atoms with van der Waals surface area (Å²) in [4.78, 5) is 18.1. The van der Waals surface area contributed by atoms with Gasteiger partial charge in [-0.05, 0) is 52.9 Å². The quantitative estimate of drug-likeness (QED) is 0.188. The van der Waals surface area contributed by atoms with Gasteiger partial charge < -0.3 is 14.5 Å². The Morgan fingerprint density at radius 1 is 0.800 bits per heavy atom. The lowest BCUT2D eigenvalue weighted by molar-refractivity contribution is 0.250. The Bertz CT molecular complexity index is 1620. The monoisotopic (exact) mass is 532 g/mol. The van der Waals surface area contributed by atoms with E-state index in [1.807, 2.05) is 85.1 Å². The van der Waals surface area contributed by atoms with E-state index in [0.29, 0.717) is 19.0 Å². The first-order valence-corrected chi connectivity index (χ1v) is 13.5. The maximum absolute atomic E-state index is 13.1. The summed E-state index contributed by atoms with van der Waals surface area (Å²) in [7, 11) is 0. The number of carbonyl (C=O) groups excluding carboxylic acids is 1. The zero-order valence-corrected chi connectivity index (χ0v) is 22.6. The number of carbonyl (C=O) groups is 1. The highest BCUT2D eigenvalue weighted by molar-refractivity contribution is 5.97. The second-order valence-corrected chi connectivity index (χ2v) is 10.2. The molecule has 1 saturated heterocycles. The summed E-state index contributed by atoms with van der Waals surface area (Å²) >= 11 is 0. The number of anilines is 1. The van der Waals surface area contributed by atoms with Gasteiger partial charge in [0, 0.05) is 34.4 Å². The minimum Gasteiger partial charge on any atom is -0.488 e. The molecule has 5 aromatic rings. The first kappa shape index (κ1) is 25.5. The molecule has 7 heteroatoms. The molecule has 6 rings (SSSR count). The highest BCUT2D eigenvalue weighted by Crippen LogP contribution is 2.40. The van der Waals surface area contributed by atoms with Crippen LogP contribution in [0.5, 0.6) is 11.5 Å². The van der Waals surface area contributed by atoms with Crippen LogP contribution in [0.4, 0.5) is 10.5 Å². The smallest absolute Gasteiger partial charge is 0.337 e. The predicted octanol–water partition coefficient (Wildman–Crippen LogP) is 7.18. The van der Waals surface area contributed by atoms with Crippen molar-refractivity contribution in [3.63, 3.8) is 0 Å². The van der Waals surface area contributed by atoms with Crippen molar-refractivity contribution in [3.05, 3.63) is 126 Å². The number of rotatable bonds is 9. The largest absolute Gasteiger partial charge is 0.488 e. The van der Waals surface area contributed by atoms with Crippen LogP contribution in [0.2, 0.25) is 0 Å². The minimum atomic E-state index is -0.490. The van der Waals surface area contributed by atoms with E-state index in [2.05, 4.69) is 47.9 Å². The molecule has 3 N–H and O–H groups in total. The van der Waals surface area contributed by atoms with E-state index in [4.69, 9.17) is 9.47 Å². The molecule has 1 aliphatic rings. The fourth-order valence-corrected chi connectivity index (χ4v) is 5.03. The van der Waals surface area contributed by atoms with Gasteiger partial charge in [-0.1, -0.05) is 74.5 Å². The Morgan fingerprint density at radius 3 is 2.15 bits per heavy atom. The van der Waals surface area contributed by atoms with Gasteiger partial charge in [-0.2, -0.15) is 0 Å². The number of nitrogens with zero attached hydrogens (tertiary/aromatic N) is 1. The van der Waals surface area contributed by atoms with E-state index >= 15 is 0 Å². The number of amides is 2. The molecule has 1 fully saturated rings. The molecule has 40 heavy (non-hydrogen) atoms. The van der Waals surface area contributed by atoms with Crippen LogP contribution in [0.25, 0.3) is 10.9 Å². The third kappa shape index (κ3) is 5.24. The van der Waals surface area contributed by atoms with Gasteiger partial charge in [0.2, 0.25) is 0 Å². The molecular formula is C33H32N4O3. The van der Waals surface area contributed by atoms with Crippen LogP contribution in [0.3, 0.4) is 0 Å². The number of hydrogen-bond donors (Lipinski definition) is 3. The van der Waals surface area contributed by atoms with Gasteiger partial charge in [-0.15, -0.1) is 0 Å². The third-order valence-corrected chi connectivity index (χ3v) is 7.14. The zero-order chi connectivity index (χ0) is 27.5. The first-order chi connectivity index (χ1) is 19.6. The summed E-state index contributed by atoms with van der Waals surface area (Å²) in [6, 6.07) is 31.9. The number of hydrogen-bond acceptors (Lipinski definition) is 4. The van der Waals surface area contributed by atoms with Crippen molar-refractivity contribution in [1.82, 2.24) is 15.8 Å². The molecule has 1 aliphatic heterocycles. The van der Waals surface area contributed by atoms with Gasteiger partial charge in [-0.25, -0.2) is 10.2 Å². The van der Waals surface area contributed by atoms with Gasteiger partial charge in [0.15, 0.2) is 0 Å². The second-order valence-electron chi connectivity index (χ2n) is 10.2. The molecule has 2 amide bonds. The first-order valence-electron chi connectivity index (χ1n) is 13.5. The standard InChI is InChI=1S/C33H32N4O3/c1-22(2)27-18-28(32-35-36-33(38)37(32)26-13-14-29-25(17-26)15-16-34-29)31(40-21-24-11-7-4-8-12-24)19-30(27)39-20-23-9-5-3-6-10-23/h3-19,22,32,34-35H,20-21H2,1-2H3,(H,36,38). The highest BCUT2D eigenvalue weighted by atomic mass is 16.5. The number of fused-ring (bicyclic) bond motifs is 1. The van der Waals surface area contributed by atoms with E-state index < -0.39 is 6.17 Å². The van der Waals surface area contributed by atoms with Crippen LogP contribution in [-0.4, -0.2) is 11.0 Å². The Morgan fingerprint density at radius 2 is 1.48 bits per heavy atom. The summed E-state index contributed by atoms with van der Waals surface area (Å²) in [5, 5.41) is 1.03. The number of ether oxygens (including phenoxy) is 2. The van der Waals surface area contributed by atoms with E-state index in [1.54, 1.807) is 4.90 Å². The summed E-state index contributed by atoms with van der Waals surface area (Å²) in [6.45, 7) is 5.11. The highest BCUT2D eigenvalue weighted by Gasteiger charge is 2.36. The van der Waals surface area contributed by atoms with Crippen molar-refractivity contribution in [2.45, 2.75) is 39.1 Å². The van der Waals surface area contributed by atoms with Crippen molar-refractivity contribution in [2.75, 3.05) is 4.90 Å². The number of aromatic amines is 1. The molecule has 202 valence electrons. The molecule has 0 aliphatic carbocycles. The van der Waals surface area contributed by atoms with Gasteiger partial charge >= 0.3 is 6.03 Å². The molecule has 4 aromatic carbocycles. The molecule has 0 radical (unpaired) electrons. The lowest BCUT2D eigenvalue weighted by Gasteiger charge is -2.27. The van der Waals surface area contributed by atoms with Crippen molar-refractivity contribution in [1.29, 1.82) is 0 Å². The SMILES string of the molecule is CC(C)c1cc(C2NNC(=O)N2c2ccc3[nH]ccc3c2)c(OCc2ccccc2)cc1OCc1ccccc1. The lowest BCUT2D eigenvalue weighted by atomic mass is 9.97. The molecule has 2 heterocycles. The number of H-pyrrole nitrogens is 1. The molecule has 0 spiro atoms. The van der Waals surface area contributed by atoms with E-state index in [9.17, 15) is 4.79 Å². The number of hydrazine groups is 1. The summed E-state index contributed by atoms with van der Waals surface area (Å²) in [6.07, 6.45) is 1.41. The van der Waals surface area contributed by atoms with Gasteiger partial charge in [-0.3, -0.25) is 10.3 Å². The van der Waals surface area contributed by atoms with Crippen molar-refractivity contribution >= 4 is 22.6 Å². The third-order valence-electron chi connectivity index (χ3n) is 7.14. The molecule has 0 saturated carbocycles. The minimum absolute atomic E-state index is 0.183. The van der Waals surface area contributed by atoms with E-state index in [0.717, 1.165) is 44.6 Å². The Balaban J connectivity index is 1.40. The van der Waals surface area contributed by atoms with Crippen molar-refractivity contribution in [3.8, 4) is 11.5 Å². The number of aromatic nitrogens is 1. The van der Waals surface area contributed by atoms with Gasteiger partial charge in [0.05, 0.1) is 0 Å². The Hall–Kier alpha value is -4.75. The maximum Gasteiger partial charge on any atom is 0.337 e. The summed E-state index contributed by atoms with van der Waals surface area (Å²) in [5.41, 5.74) is 11.8. The predicted molar refractivity (Wildman–Crippen MR) is 157 cm³/mol. The van der Waals surface area contributed by atoms with Crippen LogP contribution in [0, 0.1) is 0 Å². The van der Waals surface area contributed by atoms with Crippen LogP contribution in [0.15, 0.2) is 103 Å². The molecule has 1 unspecified atom stereocenters. The lowest BCUT2D eigenvalue weighted by Crippen LogP contribution is -2.30. The number of benzene rings is 4. The second kappa shape index (κ2) is 11.2. The van der Waals surface area contributed by atoms with Crippen molar-refractivity contribution < 1.29 is 14.3 Å². The van der Waals surface area contributed by atoms with Crippen molar-refractivity contribution in [2.24, 2.45) is 0 Å². The topological polar surface area (TPSA) is 78.6 Å². The fourth-order valence-electron chi connectivity index (χ4n) is 5.03. The molecule has 1 aromatic heterocycles. The number of urea groups is 1. The van der Waals surface area contributed by atoms with Gasteiger partial charge in [0.25, 0.3) is 0 Å². The van der Waals surface area contributed by atoms with Crippen LogP contribution >= 0.6 is 0 Å². The normalized spacial score (nSPS) is 15.0. The Labute approximate surface area is 233 Å². The van der Waals surface area contributed by atoms with E-state index in [1.165, 1.54) is 0 Å². The fraction of sp³-hybridized carbons (Fsp3) is 0.182. The summed E-state index contributed by atoms with van der Waals surface area (Å²) in [5.74, 6) is 1.60. The molecule has 7 nitrogen and oxygen atoms in total. The Kier molecular flexibility index (Phi) is 7.12. The average Bonchev–Trinajstić information content (AvgIpc) is 3.61. The van der Waals surface area contributed by atoms with Crippen LogP contribution in [-0.2, 0) is 13.2 Å². The van der Waals surface area contributed by atoms with E-state index in [-0.39, 0.29) is 11.9 Å². The maximum atomic E-state index is 13.1. The van der Waals surface area contributed by atoms with Crippen LogP contribution in [0.1, 0.15) is 48.2 Å². The van der Waals surface area contributed by atoms with Gasteiger partial charge in [0.1, 0.15) is 30.9 Å². The molecule has 1 atom stereocenters. The van der Waals surface area contributed by atoms with Crippen LogP contribution < -0.4 is 25.2 Å². The molecule has 0 bridgehead atoms. The number of nitrogens with one attached hydrogen (secondary N) is 3. The summed E-state index contributed by atoms with van der Waals surface area (Å²) < 4.78 is 12.8. The zero-order valence-electron chi connectivity index (χ0n) is 22.6. The molecular weight excluding hydrogens is 500 g/mol.